The molecule has 1 aromatic carbocycles. The SMILES string of the molecule is CCN(C[C@H]1CCCCO1)c1nnnn1-c1ccccc1. The molecule has 0 N–H and O–H groups in total. The van der Waals surface area contributed by atoms with E-state index < -0.39 is 0 Å². The summed E-state index contributed by atoms with van der Waals surface area (Å²) < 4.78 is 7.62. The van der Waals surface area contributed by atoms with Gasteiger partial charge in [0, 0.05) is 19.7 Å². The van der Waals surface area contributed by atoms with Crippen LogP contribution < -0.4 is 4.90 Å². The first-order valence-electron chi connectivity index (χ1n) is 7.59. The van der Waals surface area contributed by atoms with Crippen LogP contribution >= 0.6 is 0 Å². The molecule has 2 heterocycles. The molecule has 6 heteroatoms. The maximum atomic E-state index is 5.83. The molecule has 112 valence electrons. The Balaban J connectivity index is 1.79. The summed E-state index contributed by atoms with van der Waals surface area (Å²) in [7, 11) is 0. The molecule has 1 aliphatic heterocycles. The summed E-state index contributed by atoms with van der Waals surface area (Å²) in [5, 5.41) is 12.2. The Hall–Kier alpha value is -1.95. The number of hydrogen-bond acceptors (Lipinski definition) is 5. The van der Waals surface area contributed by atoms with E-state index in [4.69, 9.17) is 4.74 Å². The normalized spacial score (nSPS) is 18.6. The van der Waals surface area contributed by atoms with Crippen LogP contribution in [-0.2, 0) is 4.74 Å². The average Bonchev–Trinajstić information content (AvgIpc) is 3.04. The van der Waals surface area contributed by atoms with Gasteiger partial charge in [-0.25, -0.2) is 0 Å². The summed E-state index contributed by atoms with van der Waals surface area (Å²) in [5.74, 6) is 0.776. The molecule has 1 aromatic heterocycles. The van der Waals surface area contributed by atoms with Crippen LogP contribution in [0.15, 0.2) is 30.3 Å². The molecular formula is C15H21N5O. The topological polar surface area (TPSA) is 56.1 Å². The van der Waals surface area contributed by atoms with Gasteiger partial charge in [-0.05, 0) is 48.7 Å². The number of tetrazole rings is 1. The van der Waals surface area contributed by atoms with E-state index in [1.807, 2.05) is 30.3 Å². The Morgan fingerprint density at radius 1 is 1.29 bits per heavy atom. The first-order chi connectivity index (χ1) is 10.4. The quantitative estimate of drug-likeness (QED) is 0.842. The molecule has 1 saturated heterocycles. The van der Waals surface area contributed by atoms with Crippen molar-refractivity contribution >= 4 is 5.95 Å². The lowest BCUT2D eigenvalue weighted by Crippen LogP contribution is -2.37. The standard InChI is InChI=1S/C15H21N5O/c1-2-19(12-14-10-6-7-11-21-14)15-16-17-18-20(15)13-8-4-3-5-9-13/h3-5,8-9,14H,2,6-7,10-12H2,1H3/t14-/m1/s1. The first-order valence-corrected chi connectivity index (χ1v) is 7.59. The van der Waals surface area contributed by atoms with Gasteiger partial charge in [0.05, 0.1) is 11.8 Å². The highest BCUT2D eigenvalue weighted by molar-refractivity contribution is 5.40. The van der Waals surface area contributed by atoms with Gasteiger partial charge in [0.2, 0.25) is 5.95 Å². The summed E-state index contributed by atoms with van der Waals surface area (Å²) in [6, 6.07) is 9.97. The summed E-state index contributed by atoms with van der Waals surface area (Å²) in [5.41, 5.74) is 0.973. The second-order valence-electron chi connectivity index (χ2n) is 5.25. The number of nitrogens with zero attached hydrogens (tertiary/aromatic N) is 5. The Morgan fingerprint density at radius 2 is 2.14 bits per heavy atom. The minimum atomic E-state index is 0.277. The zero-order chi connectivity index (χ0) is 14.5. The number of rotatable bonds is 5. The molecule has 3 rings (SSSR count). The van der Waals surface area contributed by atoms with Crippen LogP contribution in [0.3, 0.4) is 0 Å². The molecule has 21 heavy (non-hydrogen) atoms. The lowest BCUT2D eigenvalue weighted by molar-refractivity contribution is 0.0209. The Bertz CT molecular complexity index is 550. The van der Waals surface area contributed by atoms with Crippen molar-refractivity contribution < 1.29 is 4.74 Å². The van der Waals surface area contributed by atoms with Crippen molar-refractivity contribution in [2.45, 2.75) is 32.3 Å². The smallest absolute Gasteiger partial charge is 0.250 e. The number of para-hydroxylation sites is 1. The van der Waals surface area contributed by atoms with Crippen molar-refractivity contribution in [1.82, 2.24) is 20.2 Å². The molecule has 0 spiro atoms. The largest absolute Gasteiger partial charge is 0.376 e. The second-order valence-corrected chi connectivity index (χ2v) is 5.25. The fourth-order valence-electron chi connectivity index (χ4n) is 2.67. The average molecular weight is 287 g/mol. The van der Waals surface area contributed by atoms with Crippen LogP contribution in [0.4, 0.5) is 5.95 Å². The van der Waals surface area contributed by atoms with E-state index in [1.54, 1.807) is 4.68 Å². The van der Waals surface area contributed by atoms with E-state index in [-0.39, 0.29) is 6.10 Å². The molecule has 1 aliphatic rings. The van der Waals surface area contributed by atoms with Crippen LogP contribution in [-0.4, -0.2) is 46.0 Å². The fraction of sp³-hybridized carbons (Fsp3) is 0.533. The molecule has 0 amide bonds. The number of likely N-dealkylation sites (N-methyl/N-ethyl adjacent to an activating group) is 1. The molecule has 1 atom stereocenters. The highest BCUT2D eigenvalue weighted by Gasteiger charge is 2.21. The lowest BCUT2D eigenvalue weighted by atomic mass is 10.1. The molecular weight excluding hydrogens is 266 g/mol. The van der Waals surface area contributed by atoms with E-state index >= 15 is 0 Å². The van der Waals surface area contributed by atoms with E-state index in [9.17, 15) is 0 Å². The van der Waals surface area contributed by atoms with Crippen LogP contribution in [0.1, 0.15) is 26.2 Å². The van der Waals surface area contributed by atoms with Crippen LogP contribution in [0.5, 0.6) is 0 Å². The number of aromatic nitrogens is 4. The van der Waals surface area contributed by atoms with Crippen molar-refractivity contribution in [3.63, 3.8) is 0 Å². The monoisotopic (exact) mass is 287 g/mol. The minimum absolute atomic E-state index is 0.277. The van der Waals surface area contributed by atoms with Gasteiger partial charge in [-0.15, -0.1) is 0 Å². The first kappa shape index (κ1) is 14.0. The summed E-state index contributed by atoms with van der Waals surface area (Å²) in [4.78, 5) is 2.18. The third-order valence-electron chi connectivity index (χ3n) is 3.82. The fourth-order valence-corrected chi connectivity index (χ4v) is 2.67. The maximum Gasteiger partial charge on any atom is 0.250 e. The third-order valence-corrected chi connectivity index (χ3v) is 3.82. The van der Waals surface area contributed by atoms with Gasteiger partial charge in [0.15, 0.2) is 0 Å². The Morgan fingerprint density at radius 3 is 2.86 bits per heavy atom. The second kappa shape index (κ2) is 6.67. The zero-order valence-corrected chi connectivity index (χ0v) is 12.4. The zero-order valence-electron chi connectivity index (χ0n) is 12.4. The van der Waals surface area contributed by atoms with Gasteiger partial charge >= 0.3 is 0 Å². The molecule has 0 bridgehead atoms. The van der Waals surface area contributed by atoms with Crippen molar-refractivity contribution in [1.29, 1.82) is 0 Å². The van der Waals surface area contributed by atoms with Crippen LogP contribution in [0, 0.1) is 0 Å². The highest BCUT2D eigenvalue weighted by Crippen LogP contribution is 2.19. The lowest BCUT2D eigenvalue weighted by Gasteiger charge is -2.29. The van der Waals surface area contributed by atoms with Crippen LogP contribution in [0.2, 0.25) is 0 Å². The number of hydrogen-bond donors (Lipinski definition) is 0. The minimum Gasteiger partial charge on any atom is -0.376 e. The Kier molecular flexibility index (Phi) is 4.45. The molecule has 1 fully saturated rings. The summed E-state index contributed by atoms with van der Waals surface area (Å²) >= 11 is 0. The van der Waals surface area contributed by atoms with Crippen molar-refractivity contribution in [3.8, 4) is 5.69 Å². The predicted molar refractivity (Wildman–Crippen MR) is 80.6 cm³/mol. The molecule has 0 radical (unpaired) electrons. The predicted octanol–water partition coefficient (Wildman–Crippen LogP) is 2.06. The molecule has 0 aliphatic carbocycles. The van der Waals surface area contributed by atoms with Crippen molar-refractivity contribution in [3.05, 3.63) is 30.3 Å². The Labute approximate surface area is 124 Å². The van der Waals surface area contributed by atoms with Gasteiger partial charge < -0.3 is 9.64 Å². The number of ether oxygens (including phenoxy) is 1. The highest BCUT2D eigenvalue weighted by atomic mass is 16.5. The molecule has 0 unspecified atom stereocenters. The third kappa shape index (κ3) is 3.21. The van der Waals surface area contributed by atoms with Crippen LogP contribution in [0.25, 0.3) is 5.69 Å². The summed E-state index contributed by atoms with van der Waals surface area (Å²) in [6.07, 6.45) is 3.80. The van der Waals surface area contributed by atoms with E-state index in [0.29, 0.717) is 0 Å². The molecule has 0 saturated carbocycles. The van der Waals surface area contributed by atoms with E-state index in [2.05, 4.69) is 27.3 Å². The van der Waals surface area contributed by atoms with Crippen molar-refractivity contribution in [2.75, 3.05) is 24.6 Å². The van der Waals surface area contributed by atoms with Crippen molar-refractivity contribution in [2.24, 2.45) is 0 Å². The maximum absolute atomic E-state index is 5.83. The summed E-state index contributed by atoms with van der Waals surface area (Å²) in [6.45, 7) is 4.68. The van der Waals surface area contributed by atoms with Gasteiger partial charge in [-0.2, -0.15) is 4.68 Å². The van der Waals surface area contributed by atoms with E-state index in [0.717, 1.165) is 37.8 Å². The van der Waals surface area contributed by atoms with E-state index in [1.165, 1.54) is 12.8 Å². The number of benzene rings is 1. The molecule has 2 aromatic rings. The van der Waals surface area contributed by atoms with Gasteiger partial charge in [-0.1, -0.05) is 23.3 Å². The molecule has 6 nitrogen and oxygen atoms in total. The van der Waals surface area contributed by atoms with Gasteiger partial charge in [-0.3, -0.25) is 0 Å². The number of anilines is 1. The van der Waals surface area contributed by atoms with Gasteiger partial charge in [0.25, 0.3) is 0 Å². The van der Waals surface area contributed by atoms with Gasteiger partial charge in [0.1, 0.15) is 0 Å².